The van der Waals surface area contributed by atoms with Gasteiger partial charge in [0, 0.05) is 30.3 Å². The van der Waals surface area contributed by atoms with Gasteiger partial charge in [0.25, 0.3) is 0 Å². The number of aryl methyl sites for hydroxylation is 1. The molecule has 9 heteroatoms. The minimum Gasteiger partial charge on any atom is -0.494 e. The van der Waals surface area contributed by atoms with Gasteiger partial charge < -0.3 is 10.1 Å². The number of carbonyl (C=O) groups excluding carboxylic acids is 1. The molecule has 0 aliphatic rings. The highest BCUT2D eigenvalue weighted by molar-refractivity contribution is 5.99. The van der Waals surface area contributed by atoms with Crippen molar-refractivity contribution in [2.24, 2.45) is 7.05 Å². The smallest absolute Gasteiger partial charge is 0.211 e. The van der Waals surface area contributed by atoms with Crippen LogP contribution in [0.5, 0.6) is 5.75 Å². The molecule has 0 radical (unpaired) electrons. The van der Waals surface area contributed by atoms with Gasteiger partial charge in [0.2, 0.25) is 6.41 Å². The summed E-state index contributed by atoms with van der Waals surface area (Å²) in [5.41, 5.74) is 1.66. The van der Waals surface area contributed by atoms with E-state index < -0.39 is 11.6 Å². The highest BCUT2D eigenvalue weighted by atomic mass is 19.1. The lowest BCUT2D eigenvalue weighted by molar-refractivity contribution is -0.105. The van der Waals surface area contributed by atoms with E-state index in [-0.39, 0.29) is 11.3 Å². The summed E-state index contributed by atoms with van der Waals surface area (Å²) in [4.78, 5) is 19.5. The average molecular weight is 395 g/mol. The van der Waals surface area contributed by atoms with Crippen molar-refractivity contribution < 1.29 is 18.3 Å². The van der Waals surface area contributed by atoms with Crippen LogP contribution in [0.3, 0.4) is 0 Å². The topological polar surface area (TPSA) is 81.9 Å². The van der Waals surface area contributed by atoms with Crippen molar-refractivity contribution in [3.8, 4) is 28.3 Å². The molecule has 2 aromatic carbocycles. The Balaban J connectivity index is 2.01. The van der Waals surface area contributed by atoms with Crippen LogP contribution in [0.2, 0.25) is 0 Å². The van der Waals surface area contributed by atoms with Crippen LogP contribution in [0.15, 0.2) is 42.9 Å². The standard InChI is InChI=1S/C20H15F2N5O2/c1-27-8-12(20(26-27)18-13(21)4-3-5-14(18)22)19-11-6-16(25-10-28)17(29-2)7-15(11)23-9-24-19/h3-10H,1-2H3,(H,25,28). The lowest BCUT2D eigenvalue weighted by atomic mass is 10.0. The second kappa shape index (κ2) is 7.27. The van der Waals surface area contributed by atoms with Crippen LogP contribution >= 0.6 is 0 Å². The van der Waals surface area contributed by atoms with E-state index in [2.05, 4.69) is 20.4 Å². The van der Waals surface area contributed by atoms with Crippen LogP contribution in [-0.2, 0) is 11.8 Å². The van der Waals surface area contributed by atoms with Gasteiger partial charge in [-0.3, -0.25) is 9.48 Å². The number of benzene rings is 2. The maximum absolute atomic E-state index is 14.4. The fraction of sp³-hybridized carbons (Fsp3) is 0.100. The Morgan fingerprint density at radius 1 is 1.14 bits per heavy atom. The molecular formula is C20H15F2N5O2. The fourth-order valence-electron chi connectivity index (χ4n) is 3.21. The molecule has 7 nitrogen and oxygen atoms in total. The number of rotatable bonds is 5. The molecule has 0 bridgehead atoms. The third-order valence-electron chi connectivity index (χ3n) is 4.45. The van der Waals surface area contributed by atoms with Gasteiger partial charge in [0.1, 0.15) is 29.4 Å². The summed E-state index contributed by atoms with van der Waals surface area (Å²) in [6, 6.07) is 6.93. The highest BCUT2D eigenvalue weighted by Crippen LogP contribution is 2.38. The summed E-state index contributed by atoms with van der Waals surface area (Å²) in [5, 5.41) is 7.38. The molecule has 1 N–H and O–H groups in total. The van der Waals surface area contributed by atoms with E-state index in [1.54, 1.807) is 25.4 Å². The van der Waals surface area contributed by atoms with Crippen LogP contribution < -0.4 is 10.1 Å². The maximum atomic E-state index is 14.4. The van der Waals surface area contributed by atoms with E-state index in [1.807, 2.05) is 0 Å². The molecule has 1 amide bonds. The Hall–Kier alpha value is -3.88. The van der Waals surface area contributed by atoms with Gasteiger partial charge in [-0.05, 0) is 18.2 Å². The van der Waals surface area contributed by atoms with E-state index >= 15 is 0 Å². The predicted molar refractivity (Wildman–Crippen MR) is 103 cm³/mol. The molecule has 0 unspecified atom stereocenters. The number of methoxy groups -OCH3 is 1. The van der Waals surface area contributed by atoms with Crippen molar-refractivity contribution in [1.29, 1.82) is 0 Å². The highest BCUT2D eigenvalue weighted by Gasteiger charge is 2.22. The van der Waals surface area contributed by atoms with Gasteiger partial charge in [-0.25, -0.2) is 18.7 Å². The first-order valence-electron chi connectivity index (χ1n) is 8.54. The lowest BCUT2D eigenvalue weighted by Crippen LogP contribution is -1.99. The van der Waals surface area contributed by atoms with E-state index in [4.69, 9.17) is 4.74 Å². The van der Waals surface area contributed by atoms with Crippen LogP contribution in [-0.4, -0.2) is 33.3 Å². The number of hydrogen-bond donors (Lipinski definition) is 1. The summed E-state index contributed by atoms with van der Waals surface area (Å²) in [6.07, 6.45) is 3.50. The monoisotopic (exact) mass is 395 g/mol. The first-order valence-corrected chi connectivity index (χ1v) is 8.54. The number of halogens is 2. The molecule has 0 saturated carbocycles. The number of nitrogens with zero attached hydrogens (tertiary/aromatic N) is 4. The van der Waals surface area contributed by atoms with Gasteiger partial charge in [0.05, 0.1) is 29.6 Å². The molecule has 0 fully saturated rings. The van der Waals surface area contributed by atoms with Crippen molar-refractivity contribution in [2.45, 2.75) is 0 Å². The molecule has 4 rings (SSSR count). The number of carbonyl (C=O) groups is 1. The average Bonchev–Trinajstić information content (AvgIpc) is 3.08. The van der Waals surface area contributed by atoms with Crippen LogP contribution in [0.25, 0.3) is 33.4 Å². The van der Waals surface area contributed by atoms with E-state index in [0.717, 1.165) is 0 Å². The minimum atomic E-state index is -0.728. The number of aromatic nitrogens is 4. The third kappa shape index (κ3) is 3.16. The molecule has 2 aromatic heterocycles. The van der Waals surface area contributed by atoms with E-state index in [1.165, 1.54) is 36.3 Å². The molecule has 2 heterocycles. The molecule has 0 aliphatic carbocycles. The Labute approximate surface area is 164 Å². The summed E-state index contributed by atoms with van der Waals surface area (Å²) >= 11 is 0. The van der Waals surface area contributed by atoms with Gasteiger partial charge in [-0.2, -0.15) is 5.10 Å². The second-order valence-electron chi connectivity index (χ2n) is 6.22. The molecule has 0 atom stereocenters. The molecule has 0 spiro atoms. The zero-order valence-corrected chi connectivity index (χ0v) is 15.5. The number of anilines is 1. The third-order valence-corrected chi connectivity index (χ3v) is 4.45. The molecule has 0 aliphatic heterocycles. The van der Waals surface area contributed by atoms with Gasteiger partial charge >= 0.3 is 0 Å². The summed E-state index contributed by atoms with van der Waals surface area (Å²) in [6.45, 7) is 0. The maximum Gasteiger partial charge on any atom is 0.211 e. The van der Waals surface area contributed by atoms with E-state index in [9.17, 15) is 13.6 Å². The minimum absolute atomic E-state index is 0.115. The number of nitrogens with one attached hydrogen (secondary N) is 1. The van der Waals surface area contributed by atoms with Gasteiger partial charge in [0.15, 0.2) is 0 Å². The normalized spacial score (nSPS) is 10.9. The summed E-state index contributed by atoms with van der Waals surface area (Å²) in [5.74, 6) is -1.04. The van der Waals surface area contributed by atoms with Crippen molar-refractivity contribution in [2.75, 3.05) is 12.4 Å². The Bertz CT molecular complexity index is 1220. The Morgan fingerprint density at radius 3 is 2.59 bits per heavy atom. The van der Waals surface area contributed by atoms with Crippen LogP contribution in [0.4, 0.5) is 14.5 Å². The summed E-state index contributed by atoms with van der Waals surface area (Å²) in [7, 11) is 3.12. The lowest BCUT2D eigenvalue weighted by Gasteiger charge is -2.11. The SMILES string of the molecule is COc1cc2ncnc(-c3cn(C)nc3-c3c(F)cccc3F)c2cc1NC=O. The van der Waals surface area contributed by atoms with Crippen molar-refractivity contribution >= 4 is 23.0 Å². The van der Waals surface area contributed by atoms with Crippen molar-refractivity contribution in [1.82, 2.24) is 19.7 Å². The fourth-order valence-corrected chi connectivity index (χ4v) is 3.21. The van der Waals surface area contributed by atoms with Crippen LogP contribution in [0.1, 0.15) is 0 Å². The first kappa shape index (κ1) is 18.5. The number of fused-ring (bicyclic) bond motifs is 1. The number of hydrogen-bond acceptors (Lipinski definition) is 5. The Morgan fingerprint density at radius 2 is 1.90 bits per heavy atom. The summed E-state index contributed by atoms with van der Waals surface area (Å²) < 4.78 is 35.6. The zero-order chi connectivity index (χ0) is 20.5. The van der Waals surface area contributed by atoms with Crippen molar-refractivity contribution in [3.05, 3.63) is 54.5 Å². The first-order chi connectivity index (χ1) is 14.0. The molecular weight excluding hydrogens is 380 g/mol. The van der Waals surface area contributed by atoms with Gasteiger partial charge in [-0.1, -0.05) is 6.07 Å². The van der Waals surface area contributed by atoms with Crippen LogP contribution in [0, 0.1) is 11.6 Å². The Kier molecular flexibility index (Phi) is 4.63. The number of ether oxygens (including phenoxy) is 1. The second-order valence-corrected chi connectivity index (χ2v) is 6.22. The van der Waals surface area contributed by atoms with Crippen molar-refractivity contribution in [3.63, 3.8) is 0 Å². The van der Waals surface area contributed by atoms with Gasteiger partial charge in [-0.15, -0.1) is 0 Å². The quantitative estimate of drug-likeness (QED) is 0.523. The largest absolute Gasteiger partial charge is 0.494 e. The molecule has 0 saturated heterocycles. The number of amides is 1. The predicted octanol–water partition coefficient (Wildman–Crippen LogP) is 3.55. The van der Waals surface area contributed by atoms with E-state index in [0.29, 0.717) is 40.0 Å². The molecule has 146 valence electrons. The zero-order valence-electron chi connectivity index (χ0n) is 15.5. The molecule has 4 aromatic rings. The molecule has 29 heavy (non-hydrogen) atoms.